The lowest BCUT2D eigenvalue weighted by Gasteiger charge is -1.96. The minimum atomic E-state index is -1.23. The number of hydrogen-bond donors (Lipinski definition) is 1. The summed E-state index contributed by atoms with van der Waals surface area (Å²) in [4.78, 5) is 8.13. The van der Waals surface area contributed by atoms with E-state index in [-0.39, 0.29) is 6.79 Å². The van der Waals surface area contributed by atoms with Crippen LogP contribution in [-0.4, -0.2) is 28.2 Å². The fourth-order valence-corrected chi connectivity index (χ4v) is 0.372. The van der Waals surface area contributed by atoms with E-state index in [1.807, 2.05) is 6.92 Å². The fourth-order valence-electron chi connectivity index (χ4n) is 0.180. The molecule has 7 heavy (non-hydrogen) atoms. The molecule has 0 atom stereocenters. The first-order valence-corrected chi connectivity index (χ1v) is 3.39. The van der Waals surface area contributed by atoms with Crippen molar-refractivity contribution in [1.82, 2.24) is 0 Å². The van der Waals surface area contributed by atoms with Crippen LogP contribution in [0.1, 0.15) is 6.92 Å². The number of rotatable bonds is 4. The predicted octanol–water partition coefficient (Wildman–Crippen LogP) is -1.01. The molecule has 0 aromatic heterocycles. The fraction of sp³-hybridized carbons (Fsp3) is 1.00. The maximum atomic E-state index is 8.13. The van der Waals surface area contributed by atoms with Crippen molar-refractivity contribution in [2.75, 3.05) is 13.4 Å². The van der Waals surface area contributed by atoms with Crippen molar-refractivity contribution in [2.45, 2.75) is 6.92 Å². The van der Waals surface area contributed by atoms with Gasteiger partial charge in [0.1, 0.15) is 6.79 Å². The third kappa shape index (κ3) is 6.10. The third-order valence-corrected chi connectivity index (χ3v) is 0.811. The van der Waals surface area contributed by atoms with Gasteiger partial charge in [-0.3, -0.25) is 0 Å². The second-order valence-electron chi connectivity index (χ2n) is 0.944. The molecule has 4 heteroatoms. The molecule has 3 nitrogen and oxygen atoms in total. The highest BCUT2D eigenvalue weighted by Gasteiger charge is 1.78. The van der Waals surface area contributed by atoms with Crippen molar-refractivity contribution < 1.29 is 14.0 Å². The van der Waals surface area contributed by atoms with E-state index in [1.54, 1.807) is 0 Å². The summed E-state index contributed by atoms with van der Waals surface area (Å²) in [6.07, 6.45) is 0. The van der Waals surface area contributed by atoms with Crippen LogP contribution < -0.4 is 0 Å². The zero-order valence-corrected chi connectivity index (χ0v) is 5.80. The summed E-state index contributed by atoms with van der Waals surface area (Å²) < 4.78 is 9.27. The Hall–Kier alpha value is 0.0969. The van der Waals surface area contributed by atoms with Crippen LogP contribution in [-0.2, 0) is 9.16 Å². The van der Waals surface area contributed by atoms with Crippen LogP contribution >= 0.6 is 0 Å². The van der Waals surface area contributed by atoms with E-state index < -0.39 is 10.0 Å². The minimum absolute atomic E-state index is 0.249. The van der Waals surface area contributed by atoms with Gasteiger partial charge in [0.15, 0.2) is 0 Å². The Morgan fingerprint density at radius 3 is 2.86 bits per heavy atom. The first kappa shape index (κ1) is 7.10. The maximum absolute atomic E-state index is 8.13. The van der Waals surface area contributed by atoms with Gasteiger partial charge in [0.05, 0.1) is 0 Å². The standard InChI is InChI=1S/C3H10O3Si/c1-2-5-3-6-7-4/h4H,2-3,7H2,1H3. The van der Waals surface area contributed by atoms with Crippen LogP contribution in [0.4, 0.5) is 0 Å². The van der Waals surface area contributed by atoms with Gasteiger partial charge in [-0.15, -0.1) is 0 Å². The van der Waals surface area contributed by atoms with Crippen molar-refractivity contribution in [3.63, 3.8) is 0 Å². The molecule has 0 aromatic carbocycles. The Balaban J connectivity index is 2.45. The second-order valence-corrected chi connectivity index (χ2v) is 1.61. The molecule has 0 saturated carbocycles. The summed E-state index contributed by atoms with van der Waals surface area (Å²) in [5.74, 6) is 0. The molecule has 0 radical (unpaired) electrons. The Bertz CT molecular complexity index is 29.4. The number of ether oxygens (including phenoxy) is 1. The van der Waals surface area contributed by atoms with Crippen molar-refractivity contribution in [3.8, 4) is 0 Å². The predicted molar refractivity (Wildman–Crippen MR) is 28.3 cm³/mol. The molecule has 0 fully saturated rings. The van der Waals surface area contributed by atoms with E-state index in [0.717, 1.165) is 0 Å². The van der Waals surface area contributed by atoms with Gasteiger partial charge in [-0.2, -0.15) is 0 Å². The monoisotopic (exact) mass is 122 g/mol. The van der Waals surface area contributed by atoms with Gasteiger partial charge < -0.3 is 14.0 Å². The smallest absolute Gasteiger partial charge is 0.303 e. The van der Waals surface area contributed by atoms with Gasteiger partial charge in [-0.25, -0.2) is 0 Å². The molecule has 0 aliphatic heterocycles. The van der Waals surface area contributed by atoms with Gasteiger partial charge >= 0.3 is 10.0 Å². The average molecular weight is 122 g/mol. The summed E-state index contributed by atoms with van der Waals surface area (Å²) >= 11 is 0. The molecular weight excluding hydrogens is 112 g/mol. The lowest BCUT2D eigenvalue weighted by Crippen LogP contribution is -2.02. The van der Waals surface area contributed by atoms with Gasteiger partial charge in [0.2, 0.25) is 0 Å². The van der Waals surface area contributed by atoms with Gasteiger partial charge in [-0.05, 0) is 6.92 Å². The highest BCUT2D eigenvalue weighted by Crippen LogP contribution is 1.70. The summed E-state index contributed by atoms with van der Waals surface area (Å²) in [5, 5.41) is 0. The SMILES string of the molecule is CCOCO[SiH2]O. The highest BCUT2D eigenvalue weighted by atomic mass is 28.2. The van der Waals surface area contributed by atoms with Crippen LogP contribution in [0.15, 0.2) is 0 Å². The van der Waals surface area contributed by atoms with E-state index in [2.05, 4.69) is 4.43 Å². The van der Waals surface area contributed by atoms with E-state index >= 15 is 0 Å². The molecule has 0 heterocycles. The van der Waals surface area contributed by atoms with Gasteiger partial charge in [0, 0.05) is 6.61 Å². The molecule has 0 bridgehead atoms. The van der Waals surface area contributed by atoms with Crippen LogP contribution in [0.25, 0.3) is 0 Å². The van der Waals surface area contributed by atoms with Gasteiger partial charge in [-0.1, -0.05) is 0 Å². The molecule has 1 N–H and O–H groups in total. The van der Waals surface area contributed by atoms with E-state index in [1.165, 1.54) is 0 Å². The normalized spacial score (nSPS) is 11.1. The number of hydrogen-bond acceptors (Lipinski definition) is 3. The van der Waals surface area contributed by atoms with Crippen LogP contribution in [0.3, 0.4) is 0 Å². The summed E-state index contributed by atoms with van der Waals surface area (Å²) in [7, 11) is -1.23. The van der Waals surface area contributed by atoms with Crippen LogP contribution in [0.5, 0.6) is 0 Å². The topological polar surface area (TPSA) is 38.7 Å². The van der Waals surface area contributed by atoms with Crippen molar-refractivity contribution in [2.24, 2.45) is 0 Å². The molecule has 44 valence electrons. The molecule has 0 spiro atoms. The molecular formula is C3H10O3Si. The first-order chi connectivity index (χ1) is 3.41. The minimum Gasteiger partial charge on any atom is -0.415 e. The average Bonchev–Trinajstić information content (AvgIpc) is 1.69. The quantitative estimate of drug-likeness (QED) is 0.295. The van der Waals surface area contributed by atoms with Crippen molar-refractivity contribution >= 4 is 10.0 Å². The molecule has 0 saturated heterocycles. The molecule has 0 rings (SSSR count). The molecule has 0 amide bonds. The summed E-state index contributed by atoms with van der Waals surface area (Å²) in [5.41, 5.74) is 0. The Kier molecular flexibility index (Phi) is 6.18. The summed E-state index contributed by atoms with van der Waals surface area (Å²) in [6, 6.07) is 0. The zero-order valence-electron chi connectivity index (χ0n) is 4.39. The Labute approximate surface area is 45.3 Å². The highest BCUT2D eigenvalue weighted by molar-refractivity contribution is 6.15. The molecule has 0 aliphatic carbocycles. The maximum Gasteiger partial charge on any atom is 0.303 e. The molecule has 0 aliphatic rings. The largest absolute Gasteiger partial charge is 0.415 e. The second kappa shape index (κ2) is 6.10. The Morgan fingerprint density at radius 2 is 2.43 bits per heavy atom. The lowest BCUT2D eigenvalue weighted by molar-refractivity contribution is 0.0161. The van der Waals surface area contributed by atoms with E-state index in [9.17, 15) is 0 Å². The van der Waals surface area contributed by atoms with E-state index in [0.29, 0.717) is 6.61 Å². The summed E-state index contributed by atoms with van der Waals surface area (Å²) in [6.45, 7) is 2.77. The lowest BCUT2D eigenvalue weighted by atomic mass is 10.9. The van der Waals surface area contributed by atoms with Crippen molar-refractivity contribution in [1.29, 1.82) is 0 Å². The molecule has 0 unspecified atom stereocenters. The third-order valence-electron chi connectivity index (χ3n) is 0.462. The zero-order chi connectivity index (χ0) is 5.54. The van der Waals surface area contributed by atoms with Crippen LogP contribution in [0, 0.1) is 0 Å². The first-order valence-electron chi connectivity index (χ1n) is 2.18. The van der Waals surface area contributed by atoms with E-state index in [4.69, 9.17) is 9.53 Å². The van der Waals surface area contributed by atoms with Gasteiger partial charge in [0.25, 0.3) is 0 Å². The van der Waals surface area contributed by atoms with Crippen LogP contribution in [0.2, 0.25) is 0 Å². The van der Waals surface area contributed by atoms with Crippen molar-refractivity contribution in [3.05, 3.63) is 0 Å². The molecule has 0 aromatic rings. The Morgan fingerprint density at radius 1 is 1.71 bits per heavy atom.